The fourth-order valence-corrected chi connectivity index (χ4v) is 2.64. The van der Waals surface area contributed by atoms with E-state index in [0.717, 1.165) is 6.42 Å². The molecule has 1 heteroatoms. The Bertz CT molecular complexity index is 557. The summed E-state index contributed by atoms with van der Waals surface area (Å²) in [6.45, 7) is 7.15. The van der Waals surface area contributed by atoms with Crippen molar-refractivity contribution in [3.8, 4) is 0 Å². The molecule has 2 aromatic rings. The molecule has 19 heavy (non-hydrogen) atoms. The predicted molar refractivity (Wildman–Crippen MR) is 82.6 cm³/mol. The van der Waals surface area contributed by atoms with Crippen molar-refractivity contribution >= 4 is 0 Å². The number of hydrogen-bond donors (Lipinski definition) is 1. The maximum Gasteiger partial charge on any atom is 0.000429 e. The number of nitrogens with two attached hydrogens (primary N) is 1. The van der Waals surface area contributed by atoms with Crippen LogP contribution in [0.25, 0.3) is 0 Å². The van der Waals surface area contributed by atoms with E-state index in [9.17, 15) is 0 Å². The van der Waals surface area contributed by atoms with Gasteiger partial charge in [0.1, 0.15) is 0 Å². The molecule has 1 nitrogen and oxygen atoms in total. The minimum Gasteiger partial charge on any atom is -0.330 e. The third-order valence-electron chi connectivity index (χ3n) is 3.72. The van der Waals surface area contributed by atoms with Crippen molar-refractivity contribution in [2.45, 2.75) is 33.1 Å². The van der Waals surface area contributed by atoms with E-state index in [-0.39, 0.29) is 0 Å². The first-order valence-electron chi connectivity index (χ1n) is 6.93. The summed E-state index contributed by atoms with van der Waals surface area (Å²) in [5.74, 6) is 0.404. The van der Waals surface area contributed by atoms with Crippen molar-refractivity contribution in [2.24, 2.45) is 5.73 Å². The molecular formula is C18H23N. The smallest absolute Gasteiger partial charge is 0.000429 e. The summed E-state index contributed by atoms with van der Waals surface area (Å²) >= 11 is 0. The van der Waals surface area contributed by atoms with E-state index >= 15 is 0 Å². The molecule has 0 radical (unpaired) electrons. The van der Waals surface area contributed by atoms with Crippen molar-refractivity contribution in [3.63, 3.8) is 0 Å². The van der Waals surface area contributed by atoms with Gasteiger partial charge in [0.25, 0.3) is 0 Å². The Labute approximate surface area is 116 Å². The van der Waals surface area contributed by atoms with E-state index in [2.05, 4.69) is 63.2 Å². The zero-order valence-electron chi connectivity index (χ0n) is 12.1. The first-order valence-corrected chi connectivity index (χ1v) is 6.93. The Morgan fingerprint density at radius 2 is 1.68 bits per heavy atom. The van der Waals surface area contributed by atoms with E-state index in [1.54, 1.807) is 0 Å². The van der Waals surface area contributed by atoms with Gasteiger partial charge < -0.3 is 5.73 Å². The minimum atomic E-state index is 0.404. The molecule has 0 bridgehead atoms. The molecule has 2 aromatic carbocycles. The van der Waals surface area contributed by atoms with Crippen LogP contribution in [0.15, 0.2) is 42.5 Å². The standard InChI is InChI=1S/C18H23N/c1-13-5-4-6-16(9-13)11-17(12-19)18-10-14(2)7-8-15(18)3/h4-10,17H,11-12,19H2,1-3H3. The van der Waals surface area contributed by atoms with Crippen LogP contribution in [0.3, 0.4) is 0 Å². The van der Waals surface area contributed by atoms with Gasteiger partial charge >= 0.3 is 0 Å². The van der Waals surface area contributed by atoms with Crippen LogP contribution < -0.4 is 5.73 Å². The lowest BCUT2D eigenvalue weighted by molar-refractivity contribution is 0.689. The SMILES string of the molecule is Cc1cccc(CC(CN)c2cc(C)ccc2C)c1. The molecule has 0 aliphatic heterocycles. The van der Waals surface area contributed by atoms with E-state index < -0.39 is 0 Å². The monoisotopic (exact) mass is 253 g/mol. The highest BCUT2D eigenvalue weighted by molar-refractivity contribution is 5.35. The first kappa shape index (κ1) is 13.8. The molecule has 0 aromatic heterocycles. The summed E-state index contributed by atoms with van der Waals surface area (Å²) in [5.41, 5.74) is 12.7. The van der Waals surface area contributed by atoms with Crippen LogP contribution in [-0.4, -0.2) is 6.54 Å². The van der Waals surface area contributed by atoms with Gasteiger partial charge in [-0.15, -0.1) is 0 Å². The van der Waals surface area contributed by atoms with E-state index in [4.69, 9.17) is 5.73 Å². The Balaban J connectivity index is 2.27. The Kier molecular flexibility index (Phi) is 4.39. The lowest BCUT2D eigenvalue weighted by Gasteiger charge is -2.18. The van der Waals surface area contributed by atoms with Crippen LogP contribution in [0.1, 0.15) is 33.7 Å². The van der Waals surface area contributed by atoms with Crippen LogP contribution in [-0.2, 0) is 6.42 Å². The van der Waals surface area contributed by atoms with Gasteiger partial charge in [0.2, 0.25) is 0 Å². The Morgan fingerprint density at radius 1 is 0.947 bits per heavy atom. The quantitative estimate of drug-likeness (QED) is 0.878. The van der Waals surface area contributed by atoms with Crippen molar-refractivity contribution in [2.75, 3.05) is 6.54 Å². The van der Waals surface area contributed by atoms with Gasteiger partial charge in [-0.1, -0.05) is 53.6 Å². The van der Waals surface area contributed by atoms with Crippen molar-refractivity contribution in [1.82, 2.24) is 0 Å². The van der Waals surface area contributed by atoms with Crippen molar-refractivity contribution < 1.29 is 0 Å². The molecule has 0 aliphatic rings. The highest BCUT2D eigenvalue weighted by Crippen LogP contribution is 2.24. The number of rotatable bonds is 4. The molecule has 1 atom stereocenters. The summed E-state index contributed by atoms with van der Waals surface area (Å²) in [6.07, 6.45) is 1.02. The molecule has 0 saturated heterocycles. The van der Waals surface area contributed by atoms with Gasteiger partial charge in [-0.05, 0) is 50.4 Å². The highest BCUT2D eigenvalue weighted by Gasteiger charge is 2.13. The number of benzene rings is 2. The summed E-state index contributed by atoms with van der Waals surface area (Å²) in [5, 5.41) is 0. The molecule has 100 valence electrons. The van der Waals surface area contributed by atoms with Gasteiger partial charge in [0.05, 0.1) is 0 Å². The summed E-state index contributed by atoms with van der Waals surface area (Å²) < 4.78 is 0. The summed E-state index contributed by atoms with van der Waals surface area (Å²) in [6, 6.07) is 15.4. The lowest BCUT2D eigenvalue weighted by Crippen LogP contribution is -2.16. The van der Waals surface area contributed by atoms with Crippen LogP contribution in [0.4, 0.5) is 0 Å². The third kappa shape index (κ3) is 3.45. The highest BCUT2D eigenvalue weighted by atomic mass is 14.5. The van der Waals surface area contributed by atoms with Gasteiger partial charge in [-0.2, -0.15) is 0 Å². The average molecular weight is 253 g/mol. The third-order valence-corrected chi connectivity index (χ3v) is 3.72. The maximum atomic E-state index is 6.01. The molecule has 0 amide bonds. The Hall–Kier alpha value is -1.60. The predicted octanol–water partition coefficient (Wildman–Crippen LogP) is 3.90. The molecule has 0 fully saturated rings. The van der Waals surface area contributed by atoms with Gasteiger partial charge in [0.15, 0.2) is 0 Å². The second-order valence-electron chi connectivity index (χ2n) is 5.49. The molecule has 2 N–H and O–H groups in total. The summed E-state index contributed by atoms with van der Waals surface area (Å²) in [7, 11) is 0. The van der Waals surface area contributed by atoms with Crippen molar-refractivity contribution in [3.05, 3.63) is 70.3 Å². The zero-order valence-corrected chi connectivity index (χ0v) is 12.1. The number of hydrogen-bond acceptors (Lipinski definition) is 1. The van der Waals surface area contributed by atoms with Crippen molar-refractivity contribution in [1.29, 1.82) is 0 Å². The average Bonchev–Trinajstić information content (AvgIpc) is 2.39. The molecular weight excluding hydrogens is 230 g/mol. The lowest BCUT2D eigenvalue weighted by atomic mass is 9.88. The summed E-state index contributed by atoms with van der Waals surface area (Å²) in [4.78, 5) is 0. The van der Waals surface area contributed by atoms with Crippen LogP contribution >= 0.6 is 0 Å². The van der Waals surface area contributed by atoms with Crippen LogP contribution in [0, 0.1) is 20.8 Å². The number of aryl methyl sites for hydroxylation is 3. The van der Waals surface area contributed by atoms with E-state index in [1.807, 2.05) is 0 Å². The molecule has 2 rings (SSSR count). The van der Waals surface area contributed by atoms with E-state index in [1.165, 1.54) is 27.8 Å². The fourth-order valence-electron chi connectivity index (χ4n) is 2.64. The topological polar surface area (TPSA) is 26.0 Å². The second kappa shape index (κ2) is 6.03. The van der Waals surface area contributed by atoms with Gasteiger partial charge in [-0.25, -0.2) is 0 Å². The zero-order chi connectivity index (χ0) is 13.8. The van der Waals surface area contributed by atoms with Crippen LogP contribution in [0.5, 0.6) is 0 Å². The molecule has 0 spiro atoms. The molecule has 0 heterocycles. The molecule has 1 unspecified atom stereocenters. The fraction of sp³-hybridized carbons (Fsp3) is 0.333. The normalized spacial score (nSPS) is 12.4. The minimum absolute atomic E-state index is 0.404. The van der Waals surface area contributed by atoms with E-state index in [0.29, 0.717) is 12.5 Å². The van der Waals surface area contributed by atoms with Gasteiger partial charge in [-0.3, -0.25) is 0 Å². The maximum absolute atomic E-state index is 6.01. The first-order chi connectivity index (χ1) is 9.10. The largest absolute Gasteiger partial charge is 0.330 e. The Morgan fingerprint density at radius 3 is 2.37 bits per heavy atom. The van der Waals surface area contributed by atoms with Crippen LogP contribution in [0.2, 0.25) is 0 Å². The molecule has 0 aliphatic carbocycles. The molecule has 0 saturated carbocycles. The second-order valence-corrected chi connectivity index (χ2v) is 5.49. The van der Waals surface area contributed by atoms with Gasteiger partial charge in [0, 0.05) is 5.92 Å².